The van der Waals surface area contributed by atoms with E-state index in [1.807, 2.05) is 99.6 Å². The van der Waals surface area contributed by atoms with Crippen molar-refractivity contribution in [2.75, 3.05) is 6.61 Å². The number of esters is 4. The topological polar surface area (TPSA) is 119 Å². The predicted octanol–water partition coefficient (Wildman–Crippen LogP) is 33.5. The first kappa shape index (κ1) is 102. The summed E-state index contributed by atoms with van der Waals surface area (Å²) in [6, 6.07) is 51.7. The van der Waals surface area contributed by atoms with Crippen molar-refractivity contribution in [3.8, 4) is 22.6 Å². The van der Waals surface area contributed by atoms with Gasteiger partial charge in [0.15, 0.2) is 29.2 Å². The quantitative estimate of drug-likeness (QED) is 0.0121. The Balaban J connectivity index is 0.000000202. The Bertz CT molecular complexity index is 4250. The molecular formula is C115H159F2NO9. The highest BCUT2D eigenvalue weighted by atomic mass is 19.1. The van der Waals surface area contributed by atoms with Crippen LogP contribution in [0.15, 0.2) is 164 Å². The largest absolute Gasteiger partial charge is 0.485 e. The Morgan fingerprint density at radius 2 is 0.835 bits per heavy atom. The number of halogens is 2. The van der Waals surface area contributed by atoms with E-state index >= 15 is 0 Å². The molecule has 4 atom stereocenters. The van der Waals surface area contributed by atoms with Crippen LogP contribution < -0.4 is 9.47 Å². The van der Waals surface area contributed by atoms with E-state index in [1.165, 1.54) is 233 Å². The van der Waals surface area contributed by atoms with Gasteiger partial charge in [-0.2, -0.15) is 0 Å². The minimum Gasteiger partial charge on any atom is -0.485 e. The van der Waals surface area contributed by atoms with E-state index in [4.69, 9.17) is 30.3 Å². The zero-order valence-electron chi connectivity index (χ0n) is 79.7. The standard InChI is InChI=1S/C44H58O4.C29H46F2O.C24H36O4.C18H19N/c1-3-5-8-12-33-16-20-35(21-17-33)37-24-28-40(29-25-37)43(45)47-32-42(39-14-10-7-11-15-39)48-44(46)41-30-26-38(27-31-41)36-22-18-34(19-23-36)13-9-6-4-2;1-4-6-7-8-10-21(3)32-29-27(30)19-26(20-28(29)31)25-17-15-24(16-18-25)23-13-11-22(9-5-2)12-14-23;1-4-6-7-8-9-19-10-12-20(13-11-19)24(26)28-22-16-14-21(15-17-22)23(25)27-18(3)5-2;1-4-14(2)13-15-5-7-16(8-6-15)17-9-11-18(19-3)12-10-17/h7,10-11,14-15,24-31,33-36,42H,3-6,8-9,12-13,16-23,32H2,1-2H3;19-25H,4-18H2,1-3H3;14-20H,4-13H2,1-3H3;5-12,14H,4,13H2,1-2H3. The van der Waals surface area contributed by atoms with Crippen LogP contribution in [0.5, 0.6) is 11.5 Å². The van der Waals surface area contributed by atoms with Crippen molar-refractivity contribution in [2.24, 2.45) is 47.3 Å². The van der Waals surface area contributed by atoms with Crippen molar-refractivity contribution < 1.29 is 51.6 Å². The van der Waals surface area contributed by atoms with Crippen molar-refractivity contribution >= 4 is 29.6 Å². The first-order valence-electron chi connectivity index (χ1n) is 50.7. The van der Waals surface area contributed by atoms with E-state index in [-0.39, 0.29) is 48.3 Å². The van der Waals surface area contributed by atoms with Crippen molar-refractivity contribution in [1.82, 2.24) is 0 Å². The Morgan fingerprint density at radius 1 is 0.409 bits per heavy atom. The van der Waals surface area contributed by atoms with Crippen LogP contribution in [-0.2, 0) is 25.4 Å². The fourth-order valence-electron chi connectivity index (χ4n) is 20.2. The van der Waals surface area contributed by atoms with Crippen LogP contribution in [0.3, 0.4) is 0 Å². The van der Waals surface area contributed by atoms with E-state index in [1.54, 1.807) is 36.4 Å². The van der Waals surface area contributed by atoms with E-state index in [0.717, 1.165) is 123 Å². The molecule has 0 amide bonds. The number of rotatable bonds is 41. The third kappa shape index (κ3) is 35.1. The Labute approximate surface area is 766 Å². The number of carbonyl (C=O) groups is 4. The van der Waals surface area contributed by atoms with Crippen molar-refractivity contribution in [2.45, 2.75) is 381 Å². The molecule has 0 spiro atoms. The molecule has 5 aliphatic carbocycles. The van der Waals surface area contributed by atoms with Gasteiger partial charge in [-0.3, -0.25) is 4.79 Å². The second-order valence-electron chi connectivity index (χ2n) is 38.6. The summed E-state index contributed by atoms with van der Waals surface area (Å²) >= 11 is 0. The van der Waals surface area contributed by atoms with Gasteiger partial charge in [0.25, 0.3) is 0 Å². The highest BCUT2D eigenvalue weighted by molar-refractivity contribution is 5.91. The molecule has 0 heterocycles. The average molecular weight is 1740 g/mol. The first-order chi connectivity index (χ1) is 61.8. The highest BCUT2D eigenvalue weighted by Crippen LogP contribution is 2.47. The molecule has 5 saturated carbocycles. The molecule has 0 bridgehead atoms. The molecule has 12 rings (SSSR count). The molecule has 692 valence electrons. The number of ether oxygens (including phenoxy) is 5. The minimum absolute atomic E-state index is 0.00179. The SMILES string of the molecule is CCCCCC1CCC(c2ccc(C(=O)OCC(OC(=O)c3ccc(C4CCC(CCCCC)CC4)cc3)c3ccccc3)cc2)CC1.CCCCCCC(C)Oc1c(F)cc(C2CCC(C3CCC(CCC)CC3)CC2)cc1F.CCCCCCC1CCC(C(=O)Oc2ccc(C(=O)OC(C)CC)cc2)CC1.[C-]#[N+]c1ccc(-c2ccc(CC(C)CC)cc2)cc1. The van der Waals surface area contributed by atoms with Crippen LogP contribution in [0.4, 0.5) is 14.5 Å². The van der Waals surface area contributed by atoms with Gasteiger partial charge in [0.1, 0.15) is 12.4 Å². The van der Waals surface area contributed by atoms with Crippen molar-refractivity contribution in [1.29, 1.82) is 0 Å². The van der Waals surface area contributed by atoms with E-state index in [0.29, 0.717) is 40.0 Å². The van der Waals surface area contributed by atoms with Gasteiger partial charge >= 0.3 is 23.9 Å². The molecule has 0 aliphatic heterocycles. The highest BCUT2D eigenvalue weighted by Gasteiger charge is 2.34. The molecule has 5 fully saturated rings. The molecular weight excluding hydrogens is 1580 g/mol. The average Bonchev–Trinajstić information content (AvgIpc) is 0.814. The zero-order valence-corrected chi connectivity index (χ0v) is 79.7. The summed E-state index contributed by atoms with van der Waals surface area (Å²) in [5.41, 5.74) is 10.2. The number of hydrogen-bond donors (Lipinski definition) is 0. The predicted molar refractivity (Wildman–Crippen MR) is 518 cm³/mol. The third-order valence-electron chi connectivity index (χ3n) is 28.9. The summed E-state index contributed by atoms with van der Waals surface area (Å²) < 4.78 is 57.8. The zero-order chi connectivity index (χ0) is 90.5. The first-order valence-corrected chi connectivity index (χ1v) is 50.7. The second-order valence-corrected chi connectivity index (χ2v) is 38.6. The normalized spacial score (nSPS) is 21.3. The fraction of sp³-hybridized carbons (Fsp3) is 0.591. The summed E-state index contributed by atoms with van der Waals surface area (Å²) in [7, 11) is 0. The Morgan fingerprint density at radius 3 is 1.32 bits per heavy atom. The number of nitrogens with zero attached hydrogens (tertiary/aromatic N) is 1. The fourth-order valence-corrected chi connectivity index (χ4v) is 20.2. The van der Waals surface area contributed by atoms with E-state index < -0.39 is 29.7 Å². The third-order valence-corrected chi connectivity index (χ3v) is 28.9. The van der Waals surface area contributed by atoms with Gasteiger partial charge in [-0.05, 0) is 314 Å². The maximum absolute atomic E-state index is 14.8. The number of hydrogen-bond acceptors (Lipinski definition) is 9. The monoisotopic (exact) mass is 1740 g/mol. The minimum atomic E-state index is -0.697. The van der Waals surface area contributed by atoms with Gasteiger partial charge in [0.05, 0.1) is 41.4 Å². The summed E-state index contributed by atoms with van der Waals surface area (Å²) in [5, 5.41) is 0. The van der Waals surface area contributed by atoms with E-state index in [9.17, 15) is 28.0 Å². The molecule has 7 aromatic rings. The van der Waals surface area contributed by atoms with Gasteiger partial charge in [-0.1, -0.05) is 293 Å². The van der Waals surface area contributed by atoms with Crippen LogP contribution >= 0.6 is 0 Å². The number of carbonyl (C=O) groups excluding carboxylic acids is 4. The molecule has 4 unspecified atom stereocenters. The summed E-state index contributed by atoms with van der Waals surface area (Å²) in [5.74, 6) is 5.31. The molecule has 0 aromatic heterocycles. The Kier molecular flexibility index (Phi) is 45.8. The van der Waals surface area contributed by atoms with Gasteiger partial charge in [0, 0.05) is 0 Å². The van der Waals surface area contributed by atoms with Crippen LogP contribution in [0, 0.1) is 65.5 Å². The molecule has 10 nitrogen and oxygen atoms in total. The van der Waals surface area contributed by atoms with Crippen LogP contribution in [0.1, 0.15) is 422 Å². The summed E-state index contributed by atoms with van der Waals surface area (Å²) in [6.07, 6.45) is 52.0. The van der Waals surface area contributed by atoms with Crippen LogP contribution in [0.2, 0.25) is 0 Å². The van der Waals surface area contributed by atoms with Gasteiger partial charge in [-0.15, -0.1) is 0 Å². The lowest BCUT2D eigenvalue weighted by atomic mass is 9.68. The lowest BCUT2D eigenvalue weighted by molar-refractivity contribution is -0.140. The van der Waals surface area contributed by atoms with Crippen molar-refractivity contribution in [3.05, 3.63) is 231 Å². The molecule has 0 saturated heterocycles. The maximum Gasteiger partial charge on any atom is 0.338 e. The summed E-state index contributed by atoms with van der Waals surface area (Å²) in [4.78, 5) is 54.3. The molecule has 127 heavy (non-hydrogen) atoms. The molecule has 7 aromatic carbocycles. The molecule has 5 aliphatic rings. The molecule has 0 radical (unpaired) electrons. The van der Waals surface area contributed by atoms with Gasteiger partial charge < -0.3 is 23.7 Å². The lowest BCUT2D eigenvalue weighted by Gasteiger charge is -2.38. The van der Waals surface area contributed by atoms with Gasteiger partial charge in [-0.25, -0.2) is 28.0 Å². The van der Waals surface area contributed by atoms with E-state index in [2.05, 4.69) is 102 Å². The van der Waals surface area contributed by atoms with Crippen LogP contribution in [0.25, 0.3) is 16.0 Å². The Hall–Kier alpha value is -8.43. The van der Waals surface area contributed by atoms with Crippen LogP contribution in [-0.4, -0.2) is 42.7 Å². The van der Waals surface area contributed by atoms with Crippen molar-refractivity contribution in [3.63, 3.8) is 0 Å². The number of benzene rings is 7. The molecule has 12 heteroatoms. The molecule has 0 N–H and O–H groups in total. The lowest BCUT2D eigenvalue weighted by Crippen LogP contribution is -2.25. The summed E-state index contributed by atoms with van der Waals surface area (Å²) in [6.45, 7) is 28.4. The maximum atomic E-state index is 14.8. The van der Waals surface area contributed by atoms with Gasteiger partial charge in [0.2, 0.25) is 0 Å². The second kappa shape index (κ2) is 56.9. The smallest absolute Gasteiger partial charge is 0.338 e. The number of unbranched alkanes of at least 4 members (excludes halogenated alkanes) is 10.